The lowest BCUT2D eigenvalue weighted by atomic mass is 10.0. The first-order chi connectivity index (χ1) is 7.62. The van der Waals surface area contributed by atoms with Crippen molar-refractivity contribution in [3.8, 4) is 17.6 Å². The minimum atomic E-state index is -0.454. The predicted molar refractivity (Wildman–Crippen MR) is 59.6 cm³/mol. The van der Waals surface area contributed by atoms with Crippen molar-refractivity contribution in [1.82, 2.24) is 0 Å². The predicted octanol–water partition coefficient (Wildman–Crippen LogP) is 1.50. The molecular weight excluding hydrogens is 206 g/mol. The summed E-state index contributed by atoms with van der Waals surface area (Å²) in [7, 11) is 3.01. The largest absolute Gasteiger partial charge is 0.493 e. The van der Waals surface area contributed by atoms with Crippen molar-refractivity contribution in [2.45, 2.75) is 19.4 Å². The third-order valence-electron chi connectivity index (χ3n) is 2.19. The van der Waals surface area contributed by atoms with Gasteiger partial charge in [0.1, 0.15) is 6.07 Å². The van der Waals surface area contributed by atoms with Gasteiger partial charge in [0.15, 0.2) is 11.5 Å². The Morgan fingerprint density at radius 2 is 2.06 bits per heavy atom. The number of ether oxygens (including phenoxy) is 2. The fourth-order valence-corrected chi connectivity index (χ4v) is 1.56. The summed E-state index contributed by atoms with van der Waals surface area (Å²) in [5.41, 5.74) is 1.27. The van der Waals surface area contributed by atoms with E-state index in [1.54, 1.807) is 19.1 Å². The van der Waals surface area contributed by atoms with Gasteiger partial charge in [-0.25, -0.2) is 0 Å². The Labute approximate surface area is 95.0 Å². The second kappa shape index (κ2) is 5.38. The molecule has 4 heteroatoms. The number of nitriles is 1. The molecule has 0 spiro atoms. The van der Waals surface area contributed by atoms with E-state index in [1.807, 2.05) is 6.07 Å². The molecule has 0 fully saturated rings. The molecule has 0 radical (unpaired) electrons. The first-order valence-electron chi connectivity index (χ1n) is 4.95. The van der Waals surface area contributed by atoms with Crippen molar-refractivity contribution in [1.29, 1.82) is 5.26 Å². The Hall–Kier alpha value is -1.73. The molecule has 0 saturated carbocycles. The van der Waals surface area contributed by atoms with Gasteiger partial charge in [-0.1, -0.05) is 0 Å². The Kier molecular flexibility index (Phi) is 4.15. The molecule has 0 amide bonds. The van der Waals surface area contributed by atoms with E-state index in [0.717, 1.165) is 5.56 Å². The summed E-state index contributed by atoms with van der Waals surface area (Å²) in [6, 6.07) is 5.52. The van der Waals surface area contributed by atoms with E-state index in [-0.39, 0.29) is 0 Å². The molecule has 16 heavy (non-hydrogen) atoms. The normalized spacial score (nSPS) is 11.7. The molecule has 1 aromatic rings. The average Bonchev–Trinajstić information content (AvgIpc) is 2.26. The smallest absolute Gasteiger partial charge is 0.178 e. The highest BCUT2D eigenvalue weighted by Crippen LogP contribution is 2.32. The van der Waals surface area contributed by atoms with Gasteiger partial charge in [-0.2, -0.15) is 5.26 Å². The van der Waals surface area contributed by atoms with Crippen molar-refractivity contribution in [3.05, 3.63) is 23.3 Å². The van der Waals surface area contributed by atoms with Gasteiger partial charge in [0.05, 0.1) is 25.9 Å². The highest BCUT2D eigenvalue weighted by molar-refractivity contribution is 5.54. The van der Waals surface area contributed by atoms with Crippen LogP contribution in [0, 0.1) is 11.3 Å². The molecule has 0 aliphatic rings. The summed E-state index contributed by atoms with van der Waals surface area (Å²) in [6.45, 7) is 1.70. The van der Waals surface area contributed by atoms with E-state index in [9.17, 15) is 5.11 Å². The highest BCUT2D eigenvalue weighted by Gasteiger charge is 2.12. The van der Waals surface area contributed by atoms with Crippen LogP contribution in [0.15, 0.2) is 12.1 Å². The molecule has 1 rings (SSSR count). The summed E-state index contributed by atoms with van der Waals surface area (Å²) in [4.78, 5) is 0. The van der Waals surface area contributed by atoms with Crippen LogP contribution >= 0.6 is 0 Å². The average molecular weight is 221 g/mol. The van der Waals surface area contributed by atoms with Crippen molar-refractivity contribution < 1.29 is 14.6 Å². The van der Waals surface area contributed by atoms with Crippen LogP contribution in [0.4, 0.5) is 0 Å². The molecular formula is C12H15NO3. The van der Waals surface area contributed by atoms with Gasteiger partial charge in [-0.05, 0) is 31.0 Å². The first kappa shape index (κ1) is 12.3. The molecule has 86 valence electrons. The molecule has 0 aliphatic heterocycles. The number of hydrogen-bond acceptors (Lipinski definition) is 4. The molecule has 0 heterocycles. The zero-order chi connectivity index (χ0) is 12.1. The van der Waals surface area contributed by atoms with E-state index >= 15 is 0 Å². The van der Waals surface area contributed by atoms with E-state index in [2.05, 4.69) is 0 Å². The second-order valence-corrected chi connectivity index (χ2v) is 3.54. The maximum atomic E-state index is 9.30. The van der Waals surface area contributed by atoms with E-state index in [4.69, 9.17) is 14.7 Å². The lowest BCUT2D eigenvalue weighted by Crippen LogP contribution is -2.05. The first-order valence-corrected chi connectivity index (χ1v) is 4.95. The molecule has 1 atom stereocenters. The fourth-order valence-electron chi connectivity index (χ4n) is 1.56. The number of aliphatic hydroxyl groups excluding tert-OH is 1. The topological polar surface area (TPSA) is 62.5 Å². The summed E-state index contributed by atoms with van der Waals surface area (Å²) in [5, 5.41) is 18.3. The number of rotatable bonds is 4. The number of aliphatic hydroxyl groups is 1. The van der Waals surface area contributed by atoms with Gasteiger partial charge < -0.3 is 14.6 Å². The summed E-state index contributed by atoms with van der Waals surface area (Å²) < 4.78 is 10.3. The molecule has 1 unspecified atom stereocenters. The fraction of sp³-hybridized carbons (Fsp3) is 0.417. The minimum absolute atomic E-state index is 0.414. The zero-order valence-electron chi connectivity index (χ0n) is 9.65. The molecule has 0 aromatic heterocycles. The van der Waals surface area contributed by atoms with Gasteiger partial charge in [0.25, 0.3) is 0 Å². The summed E-state index contributed by atoms with van der Waals surface area (Å²) in [6.07, 6.45) is 0.0272. The molecule has 0 aliphatic carbocycles. The molecule has 1 aromatic carbocycles. The Morgan fingerprint density at radius 3 is 2.50 bits per heavy atom. The van der Waals surface area contributed by atoms with Crippen LogP contribution in [-0.4, -0.2) is 25.4 Å². The van der Waals surface area contributed by atoms with Crippen LogP contribution in [0.2, 0.25) is 0 Å². The van der Waals surface area contributed by atoms with Crippen LogP contribution in [0.3, 0.4) is 0 Å². The Balaban J connectivity index is 3.22. The summed E-state index contributed by atoms with van der Waals surface area (Å²) >= 11 is 0. The maximum Gasteiger partial charge on any atom is 0.178 e. The van der Waals surface area contributed by atoms with Crippen LogP contribution in [-0.2, 0) is 6.42 Å². The lowest BCUT2D eigenvalue weighted by Gasteiger charge is -2.12. The second-order valence-electron chi connectivity index (χ2n) is 3.54. The molecule has 4 nitrogen and oxygen atoms in total. The molecule has 0 saturated heterocycles. The van der Waals surface area contributed by atoms with E-state index < -0.39 is 6.10 Å². The Bertz CT molecular complexity index is 407. The highest BCUT2D eigenvalue weighted by atomic mass is 16.5. The lowest BCUT2D eigenvalue weighted by molar-refractivity contribution is 0.195. The monoisotopic (exact) mass is 221 g/mol. The van der Waals surface area contributed by atoms with Gasteiger partial charge in [-0.15, -0.1) is 0 Å². The SMILES string of the molecule is COc1cc(CC(C)O)cc(C#N)c1OC. The number of benzene rings is 1. The standard InChI is InChI=1S/C12H15NO3/c1-8(14)4-9-5-10(7-13)12(16-3)11(6-9)15-2/h5-6,8,14H,4H2,1-3H3. The van der Waals surface area contributed by atoms with E-state index in [1.165, 1.54) is 14.2 Å². The van der Waals surface area contributed by atoms with Gasteiger partial charge in [0.2, 0.25) is 0 Å². The number of nitrogens with zero attached hydrogens (tertiary/aromatic N) is 1. The van der Waals surface area contributed by atoms with Crippen molar-refractivity contribution in [2.75, 3.05) is 14.2 Å². The van der Waals surface area contributed by atoms with Crippen LogP contribution in [0.25, 0.3) is 0 Å². The number of methoxy groups -OCH3 is 2. The third-order valence-corrected chi connectivity index (χ3v) is 2.19. The summed E-state index contributed by atoms with van der Waals surface area (Å²) in [5.74, 6) is 0.941. The minimum Gasteiger partial charge on any atom is -0.493 e. The quantitative estimate of drug-likeness (QED) is 0.836. The van der Waals surface area contributed by atoms with Crippen LogP contribution < -0.4 is 9.47 Å². The third kappa shape index (κ3) is 2.65. The Morgan fingerprint density at radius 1 is 1.38 bits per heavy atom. The van der Waals surface area contributed by atoms with Crippen molar-refractivity contribution >= 4 is 0 Å². The van der Waals surface area contributed by atoms with Crippen molar-refractivity contribution in [3.63, 3.8) is 0 Å². The maximum absolute atomic E-state index is 9.30. The van der Waals surface area contributed by atoms with E-state index in [0.29, 0.717) is 23.5 Å². The molecule has 0 bridgehead atoms. The van der Waals surface area contributed by atoms with Gasteiger partial charge in [0, 0.05) is 0 Å². The van der Waals surface area contributed by atoms with Gasteiger partial charge in [-0.3, -0.25) is 0 Å². The number of hydrogen-bond donors (Lipinski definition) is 1. The zero-order valence-corrected chi connectivity index (χ0v) is 9.65. The van der Waals surface area contributed by atoms with Crippen LogP contribution in [0.5, 0.6) is 11.5 Å². The van der Waals surface area contributed by atoms with Gasteiger partial charge >= 0.3 is 0 Å². The molecule has 1 N–H and O–H groups in total. The van der Waals surface area contributed by atoms with Crippen molar-refractivity contribution in [2.24, 2.45) is 0 Å². The van der Waals surface area contributed by atoms with Crippen LogP contribution in [0.1, 0.15) is 18.1 Å².